The first-order valence-corrected chi connectivity index (χ1v) is 23.7. The van der Waals surface area contributed by atoms with E-state index in [1.807, 2.05) is 55.5 Å². The van der Waals surface area contributed by atoms with Crippen molar-refractivity contribution in [3.05, 3.63) is 127 Å². The highest BCUT2D eigenvalue weighted by molar-refractivity contribution is 6.03. The molecule has 68 heavy (non-hydrogen) atoms. The van der Waals surface area contributed by atoms with E-state index in [0.29, 0.717) is 54.5 Å². The third-order valence-corrected chi connectivity index (χ3v) is 13.2. The van der Waals surface area contributed by atoms with Gasteiger partial charge < -0.3 is 43.5 Å². The van der Waals surface area contributed by atoms with Crippen LogP contribution < -0.4 is 24.3 Å². The number of aliphatic hydroxyl groups excluding tert-OH is 2. The Morgan fingerprint density at radius 3 is 2.46 bits per heavy atom. The van der Waals surface area contributed by atoms with Crippen LogP contribution in [0.4, 0.5) is 15.3 Å². The van der Waals surface area contributed by atoms with Crippen molar-refractivity contribution in [3.8, 4) is 23.0 Å². The van der Waals surface area contributed by atoms with Gasteiger partial charge in [0.2, 0.25) is 5.79 Å². The molecule has 0 aromatic heterocycles. The first-order chi connectivity index (χ1) is 33.2. The van der Waals surface area contributed by atoms with Gasteiger partial charge in [-0.25, -0.2) is 9.59 Å². The van der Waals surface area contributed by atoms with E-state index >= 15 is 0 Å². The molecule has 6 atom stereocenters. The van der Waals surface area contributed by atoms with Crippen LogP contribution in [-0.4, -0.2) is 92.1 Å². The van der Waals surface area contributed by atoms with E-state index in [2.05, 4.69) is 24.6 Å². The molecular weight excluding hydrogens is 867 g/mol. The number of ether oxygens (including phenoxy) is 6. The lowest BCUT2D eigenvalue weighted by molar-refractivity contribution is -0.256. The Balaban J connectivity index is 1.42. The number of nitrogens with zero attached hydrogens (tertiary/aromatic N) is 2. The number of oxime groups is 1. The van der Waals surface area contributed by atoms with Crippen LogP contribution in [0.3, 0.4) is 0 Å². The first kappa shape index (κ1) is 49.6. The molecule has 3 N–H and O–H groups in total. The Morgan fingerprint density at radius 2 is 1.71 bits per heavy atom. The Kier molecular flexibility index (Phi) is 17.2. The van der Waals surface area contributed by atoms with Crippen LogP contribution in [0, 0.1) is 17.8 Å². The second-order valence-corrected chi connectivity index (χ2v) is 17.2. The van der Waals surface area contributed by atoms with Crippen molar-refractivity contribution in [2.24, 2.45) is 22.9 Å². The summed E-state index contributed by atoms with van der Waals surface area (Å²) < 4.78 is 37.5. The Labute approximate surface area is 399 Å². The molecule has 14 nitrogen and oxygen atoms in total. The topological polar surface area (TPSA) is 167 Å². The number of methoxy groups -OCH3 is 2. The Hall–Kier alpha value is -6.35. The van der Waals surface area contributed by atoms with Crippen LogP contribution in [0.5, 0.6) is 23.0 Å². The zero-order valence-electron chi connectivity index (χ0n) is 39.4. The molecule has 1 aliphatic heterocycles. The highest BCUT2D eigenvalue weighted by Gasteiger charge is 2.65. The molecule has 6 unspecified atom stereocenters. The van der Waals surface area contributed by atoms with Crippen molar-refractivity contribution in [1.82, 2.24) is 4.90 Å². The van der Waals surface area contributed by atoms with Crippen molar-refractivity contribution in [2.45, 2.75) is 82.6 Å². The predicted octanol–water partition coefficient (Wildman–Crippen LogP) is 10.3. The van der Waals surface area contributed by atoms with Crippen LogP contribution >= 0.6 is 0 Å². The summed E-state index contributed by atoms with van der Waals surface area (Å²) in [6.45, 7) is 10.5. The van der Waals surface area contributed by atoms with E-state index in [1.165, 1.54) is 7.11 Å². The lowest BCUT2D eigenvalue weighted by atomic mass is 9.55. The fraction of sp³-hybridized carbons (Fsp3) is 0.426. The normalized spacial score (nSPS) is 21.9. The van der Waals surface area contributed by atoms with Gasteiger partial charge in [0.15, 0.2) is 0 Å². The number of aliphatic hydroxyl groups is 2. The SMILES string of the molecule is C=CCCOC(=O)N(Cc1cccc2ccccc12)C1CC(=NOCC)C2=CC(CCCCO)C(CCCCO)C3c4cc(OC(=O)Nc5ccc(OC)cc5OC)ccc4OC1(OCC=C)C23. The molecule has 1 fully saturated rings. The lowest BCUT2D eigenvalue weighted by Crippen LogP contribution is -2.70. The number of hydrogen-bond donors (Lipinski definition) is 3. The van der Waals surface area contributed by atoms with E-state index < -0.39 is 29.9 Å². The van der Waals surface area contributed by atoms with Crippen LogP contribution in [-0.2, 0) is 20.9 Å². The number of carbonyl (C=O) groups excluding carboxylic acids is 2. The minimum atomic E-state index is -1.54. The monoisotopic (exact) mass is 931 g/mol. The smallest absolute Gasteiger partial charge is 0.417 e. The Bertz CT molecular complexity index is 2450. The summed E-state index contributed by atoms with van der Waals surface area (Å²) in [5, 5.41) is 29.6. The molecule has 14 heteroatoms. The van der Waals surface area contributed by atoms with Crippen LogP contribution in [0.2, 0.25) is 0 Å². The highest BCUT2D eigenvalue weighted by atomic mass is 16.7. The van der Waals surface area contributed by atoms with Crippen LogP contribution in [0.15, 0.2) is 121 Å². The summed E-state index contributed by atoms with van der Waals surface area (Å²) in [6, 6.07) is 23.7. The largest absolute Gasteiger partial charge is 0.497 e. The number of benzene rings is 4. The number of nitrogens with one attached hydrogen (secondary N) is 1. The molecule has 0 bridgehead atoms. The van der Waals surface area contributed by atoms with Crippen molar-refractivity contribution < 1.29 is 53.1 Å². The summed E-state index contributed by atoms with van der Waals surface area (Å²) in [5.74, 6) is -0.825. The first-order valence-electron chi connectivity index (χ1n) is 23.7. The number of unbranched alkanes of at least 4 members (excludes halogenated alkanes) is 2. The van der Waals surface area contributed by atoms with Gasteiger partial charge in [-0.2, -0.15) is 0 Å². The van der Waals surface area contributed by atoms with E-state index in [0.717, 1.165) is 53.2 Å². The molecule has 7 rings (SSSR count). The molecule has 1 heterocycles. The van der Waals surface area contributed by atoms with Gasteiger partial charge in [-0.15, -0.1) is 13.2 Å². The summed E-state index contributed by atoms with van der Waals surface area (Å²) >= 11 is 0. The zero-order chi connectivity index (χ0) is 48.0. The van der Waals surface area contributed by atoms with E-state index in [4.69, 9.17) is 38.4 Å². The second-order valence-electron chi connectivity index (χ2n) is 17.2. The van der Waals surface area contributed by atoms with Gasteiger partial charge in [0, 0.05) is 37.2 Å². The van der Waals surface area contributed by atoms with Gasteiger partial charge in [0.05, 0.1) is 51.3 Å². The van der Waals surface area contributed by atoms with Crippen molar-refractivity contribution in [1.29, 1.82) is 0 Å². The van der Waals surface area contributed by atoms with Gasteiger partial charge in [-0.3, -0.25) is 10.2 Å². The zero-order valence-corrected chi connectivity index (χ0v) is 39.4. The molecule has 3 aliphatic rings. The molecule has 2 amide bonds. The number of allylic oxidation sites excluding steroid dienone is 1. The number of rotatable bonds is 23. The molecule has 0 saturated heterocycles. The number of fused-ring (bicyclic) bond motifs is 3. The van der Waals surface area contributed by atoms with E-state index in [-0.39, 0.29) is 62.9 Å². The molecule has 0 spiro atoms. The van der Waals surface area contributed by atoms with Crippen LogP contribution in [0.25, 0.3) is 10.8 Å². The molecule has 4 aromatic rings. The fourth-order valence-corrected chi connectivity index (χ4v) is 10.2. The minimum absolute atomic E-state index is 0.00557. The average molecular weight is 932 g/mol. The minimum Gasteiger partial charge on any atom is -0.497 e. The van der Waals surface area contributed by atoms with Crippen molar-refractivity contribution >= 4 is 34.4 Å². The summed E-state index contributed by atoms with van der Waals surface area (Å²) in [4.78, 5) is 36.2. The maximum Gasteiger partial charge on any atom is 0.417 e. The van der Waals surface area contributed by atoms with Gasteiger partial charge in [-0.05, 0) is 103 Å². The molecule has 362 valence electrons. The van der Waals surface area contributed by atoms with Gasteiger partial charge in [0.1, 0.15) is 35.6 Å². The number of carbonyl (C=O) groups is 2. The second kappa shape index (κ2) is 23.6. The third kappa shape index (κ3) is 10.8. The maximum absolute atomic E-state index is 14.9. The maximum atomic E-state index is 14.9. The van der Waals surface area contributed by atoms with E-state index in [1.54, 1.807) is 54.5 Å². The van der Waals surface area contributed by atoms with Gasteiger partial charge >= 0.3 is 12.2 Å². The number of hydrogen-bond acceptors (Lipinski definition) is 12. The van der Waals surface area contributed by atoms with Crippen molar-refractivity contribution in [3.63, 3.8) is 0 Å². The summed E-state index contributed by atoms with van der Waals surface area (Å²) in [5.41, 5.74) is 3.62. The van der Waals surface area contributed by atoms with Gasteiger partial charge in [0.25, 0.3) is 0 Å². The molecular formula is C54H65N3O11. The van der Waals surface area contributed by atoms with Crippen molar-refractivity contribution in [2.75, 3.05) is 52.6 Å². The summed E-state index contributed by atoms with van der Waals surface area (Å²) in [6.07, 6.45) is 9.26. The predicted molar refractivity (Wildman–Crippen MR) is 261 cm³/mol. The number of anilines is 1. The lowest BCUT2D eigenvalue weighted by Gasteiger charge is -2.59. The molecule has 4 aromatic carbocycles. The average Bonchev–Trinajstić information content (AvgIpc) is 3.35. The fourth-order valence-electron chi connectivity index (χ4n) is 10.2. The summed E-state index contributed by atoms with van der Waals surface area (Å²) in [7, 11) is 3.05. The molecule has 0 radical (unpaired) electrons. The standard InChI is InChI=1S/C54H65N3O11/c1-6-9-30-64-53(61)57(35-38-20-16-19-36-17-10-11-21-41(36)38)49-34-46(56-66-8-3)43-31-37(18-12-14-27-58)42(22-13-15-28-59)50-44-32-40(24-26-47(44)68-54(49,51(43)50)65-29-7-2)67-52(60)55-45-25-23-39(62-4)33-48(45)63-5/h6-7,10-11,16-17,19-21,23-26,31-33,37,42,49-51,58-59H,1-2,8-9,12-15,18,22,27-30,34-35H2,3-5H3,(H,55,60). The van der Waals surface area contributed by atoms with Crippen LogP contribution in [0.1, 0.15) is 75.3 Å². The highest BCUT2D eigenvalue weighted by Crippen LogP contribution is 2.62. The molecule has 2 aliphatic carbocycles. The quantitative estimate of drug-likeness (QED) is 0.0368. The number of amides is 2. The molecule has 1 saturated carbocycles. The van der Waals surface area contributed by atoms with E-state index in [9.17, 15) is 19.8 Å². The third-order valence-electron chi connectivity index (χ3n) is 13.2. The Morgan fingerprint density at radius 1 is 0.926 bits per heavy atom. The van der Waals surface area contributed by atoms with Gasteiger partial charge in [-0.1, -0.05) is 78.7 Å².